The van der Waals surface area contributed by atoms with E-state index in [2.05, 4.69) is 68.0 Å². The Bertz CT molecular complexity index is 2510. The Morgan fingerprint density at radius 2 is 1.09 bits per heavy atom. The fourth-order valence-corrected chi connectivity index (χ4v) is 11.6. The van der Waals surface area contributed by atoms with Gasteiger partial charge < -0.3 is 44.8 Å². The number of aromatic nitrogens is 4. The van der Waals surface area contributed by atoms with Crippen LogP contribution in [0.15, 0.2) is 54.6 Å². The lowest BCUT2D eigenvalue weighted by atomic mass is 9.77. The molecule has 0 bridgehead atoms. The number of piperidine rings is 1. The number of nitrogens with zero attached hydrogens (tertiary/aromatic N) is 5. The number of amides is 4. The molecule has 5 aromatic rings. The van der Waals surface area contributed by atoms with E-state index in [4.69, 9.17) is 19.4 Å². The first-order chi connectivity index (χ1) is 32.8. The van der Waals surface area contributed by atoms with E-state index in [1.54, 1.807) is 6.07 Å². The van der Waals surface area contributed by atoms with Gasteiger partial charge in [-0.25, -0.2) is 23.9 Å². The van der Waals surface area contributed by atoms with Crippen molar-refractivity contribution in [3.63, 3.8) is 0 Å². The van der Waals surface area contributed by atoms with Gasteiger partial charge in [0.05, 0.1) is 54.1 Å². The molecule has 5 heterocycles. The lowest BCUT2D eigenvalue weighted by Gasteiger charge is -2.31. The summed E-state index contributed by atoms with van der Waals surface area (Å²) in [6.45, 7) is 10.5. The minimum absolute atomic E-state index is 0.0453. The summed E-state index contributed by atoms with van der Waals surface area (Å²) in [6.07, 6.45) is 6.91. The highest BCUT2D eigenvalue weighted by Crippen LogP contribution is 2.55. The molecule has 2 unspecified atom stereocenters. The summed E-state index contributed by atoms with van der Waals surface area (Å²) < 4.78 is 26.1. The van der Waals surface area contributed by atoms with Crippen molar-refractivity contribution in [2.75, 3.05) is 45.3 Å². The molecule has 0 radical (unpaired) electrons. The monoisotopic (exact) mass is 932 g/mol. The molecule has 4 aliphatic rings. The summed E-state index contributed by atoms with van der Waals surface area (Å²) in [5.74, 6) is 0.742. The molecule has 1 aliphatic carbocycles. The number of rotatable bonds is 12. The third-order valence-electron chi connectivity index (χ3n) is 15.1. The predicted octanol–water partition coefficient (Wildman–Crippen LogP) is 9.10. The van der Waals surface area contributed by atoms with Crippen LogP contribution in [0.3, 0.4) is 0 Å². The number of imidazole rings is 2. The molecule has 68 heavy (non-hydrogen) atoms. The minimum atomic E-state index is -0.727. The van der Waals surface area contributed by atoms with Crippen molar-refractivity contribution in [2.45, 2.75) is 127 Å². The highest BCUT2D eigenvalue weighted by atomic mass is 19.1. The molecule has 4 fully saturated rings. The quantitative estimate of drug-likeness (QED) is 0.0950. The van der Waals surface area contributed by atoms with Crippen LogP contribution in [0.5, 0.6) is 0 Å². The Balaban J connectivity index is 1.02. The number of likely N-dealkylation sites (tertiary alicyclic amines) is 2. The standard InChI is InChI=1S/C52H66FN9O6/c1-29(2)45(58-51(65)67-5)49(63)61-24-10-12-42(61)47-54-37-19-14-31(27-39(37)56-47)34-17-18-35(44(34)33-16-21-41(36(53)26-33)60-22-8-7-9-23-60)32-15-20-38-40(28-32)57-48(55-38)43-13-11-25-62(43)50(64)46(30(3)4)59-52(66)68-6/h14-16,19-21,26-30,34-35,42-46H,7-13,17-18,22-25H2,1-6H3,(H,54,56)(H,55,57)(H,58,65)(H,59,66)/t34?,35?,42-,43-,44?,45-,46-/m0/s1. The number of benzene rings is 3. The third kappa shape index (κ3) is 9.22. The van der Waals surface area contributed by atoms with Crippen LogP contribution in [-0.4, -0.2) is 106 Å². The first kappa shape index (κ1) is 46.9. The highest BCUT2D eigenvalue weighted by Gasteiger charge is 2.42. The van der Waals surface area contributed by atoms with Crippen LogP contribution >= 0.6 is 0 Å². The van der Waals surface area contributed by atoms with Crippen LogP contribution in [0.2, 0.25) is 0 Å². The zero-order valence-electron chi connectivity index (χ0n) is 40.1. The highest BCUT2D eigenvalue weighted by molar-refractivity contribution is 5.87. The zero-order chi connectivity index (χ0) is 47.8. The van der Waals surface area contributed by atoms with Crippen LogP contribution in [0.1, 0.15) is 144 Å². The number of carbonyl (C=O) groups excluding carboxylic acids is 4. The molecule has 16 heteroatoms. The van der Waals surface area contributed by atoms with Crippen molar-refractivity contribution >= 4 is 51.8 Å². The van der Waals surface area contributed by atoms with Gasteiger partial charge in [-0.3, -0.25) is 9.59 Å². The van der Waals surface area contributed by atoms with Gasteiger partial charge >= 0.3 is 12.2 Å². The topological polar surface area (TPSA) is 178 Å². The number of carbonyl (C=O) groups is 4. The smallest absolute Gasteiger partial charge is 0.407 e. The third-order valence-corrected chi connectivity index (χ3v) is 15.1. The largest absolute Gasteiger partial charge is 0.453 e. The van der Waals surface area contributed by atoms with Gasteiger partial charge in [0.15, 0.2) is 0 Å². The Morgan fingerprint density at radius 1 is 0.618 bits per heavy atom. The molecule has 3 aromatic carbocycles. The molecule has 4 amide bonds. The van der Waals surface area contributed by atoms with Crippen LogP contribution in [0, 0.1) is 17.7 Å². The van der Waals surface area contributed by atoms with Crippen molar-refractivity contribution in [1.29, 1.82) is 0 Å². The number of hydrogen-bond acceptors (Lipinski definition) is 9. The van der Waals surface area contributed by atoms with Gasteiger partial charge in [-0.05, 0) is 140 Å². The van der Waals surface area contributed by atoms with Gasteiger partial charge in [0, 0.05) is 26.2 Å². The lowest BCUT2D eigenvalue weighted by molar-refractivity contribution is -0.136. The number of H-pyrrole nitrogens is 2. The van der Waals surface area contributed by atoms with E-state index in [1.165, 1.54) is 20.6 Å². The van der Waals surface area contributed by atoms with Crippen LogP contribution in [0.4, 0.5) is 19.7 Å². The lowest BCUT2D eigenvalue weighted by Crippen LogP contribution is -2.51. The van der Waals surface area contributed by atoms with E-state index in [0.717, 1.165) is 115 Å². The maximum absolute atomic E-state index is 16.4. The number of alkyl carbamates (subject to hydrolysis) is 2. The van der Waals surface area contributed by atoms with Crippen molar-refractivity contribution < 1.29 is 33.0 Å². The molecule has 3 aliphatic heterocycles. The van der Waals surface area contributed by atoms with Crippen LogP contribution < -0.4 is 15.5 Å². The van der Waals surface area contributed by atoms with Crippen LogP contribution in [-0.2, 0) is 19.1 Å². The second-order valence-corrected chi connectivity index (χ2v) is 20.0. The van der Waals surface area contributed by atoms with E-state index >= 15 is 4.39 Å². The predicted molar refractivity (Wildman–Crippen MR) is 258 cm³/mol. The molecule has 1 saturated carbocycles. The molecule has 362 valence electrons. The molecular formula is C52H66FN9O6. The molecule has 15 nitrogen and oxygen atoms in total. The van der Waals surface area contributed by atoms with E-state index in [0.29, 0.717) is 18.8 Å². The molecule has 0 spiro atoms. The molecule has 6 atom stereocenters. The molecule has 2 aromatic heterocycles. The van der Waals surface area contributed by atoms with E-state index in [1.807, 2.05) is 43.6 Å². The first-order valence-electron chi connectivity index (χ1n) is 24.7. The van der Waals surface area contributed by atoms with Crippen molar-refractivity contribution in [1.82, 2.24) is 40.4 Å². The SMILES string of the molecule is COC(=O)N[C@H](C(=O)N1CCC[C@H]1c1nc2ccc(C3CCC(c4ccc5nc([C@@H]6CCCN6C(=O)[C@@H](NC(=O)OC)C(C)C)[nH]c5c4)C3c3ccc(N4CCCCC4)c(F)c3)cc2[nH]1)C(C)C. The maximum atomic E-state index is 16.4. The van der Waals surface area contributed by atoms with E-state index in [9.17, 15) is 19.2 Å². The number of fused-ring (bicyclic) bond motifs is 2. The average Bonchev–Trinajstić information content (AvgIpc) is 4.20. The van der Waals surface area contributed by atoms with Crippen molar-refractivity contribution in [2.24, 2.45) is 11.8 Å². The van der Waals surface area contributed by atoms with Crippen molar-refractivity contribution in [3.8, 4) is 0 Å². The normalized spacial score (nSPS) is 22.9. The fraction of sp³-hybridized carbons (Fsp3) is 0.538. The number of nitrogens with one attached hydrogen (secondary N) is 4. The van der Waals surface area contributed by atoms with Gasteiger partial charge in [0.1, 0.15) is 29.5 Å². The summed E-state index contributed by atoms with van der Waals surface area (Å²) in [4.78, 5) is 75.3. The van der Waals surface area contributed by atoms with E-state index < -0.39 is 24.3 Å². The summed E-state index contributed by atoms with van der Waals surface area (Å²) >= 11 is 0. The maximum Gasteiger partial charge on any atom is 0.407 e. The zero-order valence-corrected chi connectivity index (χ0v) is 40.1. The number of aromatic amines is 2. The Labute approximate surface area is 397 Å². The van der Waals surface area contributed by atoms with Gasteiger partial charge in [0.2, 0.25) is 11.8 Å². The first-order valence-corrected chi connectivity index (χ1v) is 24.7. The van der Waals surface area contributed by atoms with Gasteiger partial charge in [-0.1, -0.05) is 45.9 Å². The summed E-state index contributed by atoms with van der Waals surface area (Å²) in [5, 5.41) is 5.47. The molecule has 9 rings (SSSR count). The summed E-state index contributed by atoms with van der Waals surface area (Å²) in [6, 6.07) is 16.7. The number of halogens is 1. The van der Waals surface area contributed by atoms with Gasteiger partial charge in [-0.2, -0.15) is 0 Å². The summed E-state index contributed by atoms with van der Waals surface area (Å²) in [7, 11) is 2.59. The Hall–Kier alpha value is -6.19. The van der Waals surface area contributed by atoms with Crippen molar-refractivity contribution in [3.05, 3.63) is 88.8 Å². The number of hydrogen-bond donors (Lipinski definition) is 4. The van der Waals surface area contributed by atoms with Gasteiger partial charge in [0.25, 0.3) is 0 Å². The number of ether oxygens (including phenoxy) is 2. The van der Waals surface area contributed by atoms with Gasteiger partial charge in [-0.15, -0.1) is 0 Å². The Morgan fingerprint density at radius 3 is 1.53 bits per heavy atom. The molecular weight excluding hydrogens is 866 g/mol. The van der Waals surface area contributed by atoms with Crippen LogP contribution in [0.25, 0.3) is 22.1 Å². The second-order valence-electron chi connectivity index (χ2n) is 20.0. The molecule has 3 saturated heterocycles. The number of methoxy groups -OCH3 is 2. The molecule has 4 N–H and O–H groups in total. The van der Waals surface area contributed by atoms with E-state index in [-0.39, 0.29) is 59.3 Å². The summed E-state index contributed by atoms with van der Waals surface area (Å²) in [5.41, 5.74) is 7.28. The average molecular weight is 932 g/mol. The Kier molecular flexibility index (Phi) is 13.7. The minimum Gasteiger partial charge on any atom is -0.453 e. The second kappa shape index (κ2) is 19.8. The fourth-order valence-electron chi connectivity index (χ4n) is 11.6. The number of anilines is 1.